The van der Waals surface area contributed by atoms with Crippen molar-refractivity contribution in [3.05, 3.63) is 16.4 Å². The van der Waals surface area contributed by atoms with Gasteiger partial charge in [0.15, 0.2) is 0 Å². The van der Waals surface area contributed by atoms with Crippen LogP contribution in [0.1, 0.15) is 31.2 Å². The van der Waals surface area contributed by atoms with Crippen molar-refractivity contribution in [3.63, 3.8) is 0 Å². The van der Waals surface area contributed by atoms with E-state index in [4.69, 9.17) is 21.1 Å². The first-order chi connectivity index (χ1) is 10.1. The predicted octanol–water partition coefficient (Wildman–Crippen LogP) is 1.96. The summed E-state index contributed by atoms with van der Waals surface area (Å²) in [6.45, 7) is 3.55. The van der Waals surface area contributed by atoms with Crippen molar-refractivity contribution >= 4 is 11.6 Å². The molecular formula is C15H26ClN3O2. The van der Waals surface area contributed by atoms with Gasteiger partial charge in [-0.2, -0.15) is 5.10 Å². The molecule has 21 heavy (non-hydrogen) atoms. The van der Waals surface area contributed by atoms with Crippen LogP contribution in [0, 0.1) is 0 Å². The van der Waals surface area contributed by atoms with Gasteiger partial charge in [-0.15, -0.1) is 0 Å². The van der Waals surface area contributed by atoms with E-state index in [1.54, 1.807) is 7.11 Å². The number of aromatic nitrogens is 2. The largest absolute Gasteiger partial charge is 0.381 e. The minimum atomic E-state index is -0.201. The standard InChI is InChI=1S/C15H26ClN3O2/c1-5-11-14(16)12(19(3)18-11)10-13(17-2)15(20-4)6-8-21-9-7-15/h13,17H,5-10H2,1-4H3. The van der Waals surface area contributed by atoms with Crippen molar-refractivity contribution in [2.24, 2.45) is 7.05 Å². The number of methoxy groups -OCH3 is 1. The molecule has 0 aromatic carbocycles. The molecule has 1 aromatic rings. The van der Waals surface area contributed by atoms with E-state index in [0.29, 0.717) is 0 Å². The fourth-order valence-corrected chi connectivity index (χ4v) is 3.57. The van der Waals surface area contributed by atoms with Crippen LogP contribution in [0.3, 0.4) is 0 Å². The molecule has 120 valence electrons. The number of likely N-dealkylation sites (N-methyl/N-ethyl adjacent to an activating group) is 1. The lowest BCUT2D eigenvalue weighted by Crippen LogP contribution is -2.55. The van der Waals surface area contributed by atoms with Gasteiger partial charge in [-0.3, -0.25) is 4.68 Å². The van der Waals surface area contributed by atoms with Crippen molar-refractivity contribution in [2.75, 3.05) is 27.4 Å². The van der Waals surface area contributed by atoms with E-state index in [2.05, 4.69) is 17.3 Å². The van der Waals surface area contributed by atoms with Gasteiger partial charge >= 0.3 is 0 Å². The first kappa shape index (κ1) is 16.7. The van der Waals surface area contributed by atoms with Crippen molar-refractivity contribution in [1.82, 2.24) is 15.1 Å². The Morgan fingerprint density at radius 1 is 1.48 bits per heavy atom. The highest BCUT2D eigenvalue weighted by Gasteiger charge is 2.40. The van der Waals surface area contributed by atoms with Gasteiger partial charge in [-0.1, -0.05) is 18.5 Å². The molecule has 1 aromatic heterocycles. The van der Waals surface area contributed by atoms with E-state index in [0.717, 1.165) is 55.3 Å². The summed E-state index contributed by atoms with van der Waals surface area (Å²) in [4.78, 5) is 0. The van der Waals surface area contributed by atoms with Crippen molar-refractivity contribution < 1.29 is 9.47 Å². The van der Waals surface area contributed by atoms with Gasteiger partial charge in [0.25, 0.3) is 0 Å². The number of halogens is 1. The maximum atomic E-state index is 6.48. The summed E-state index contributed by atoms with van der Waals surface area (Å²) in [7, 11) is 5.72. The molecule has 6 heteroatoms. The van der Waals surface area contributed by atoms with E-state index in [9.17, 15) is 0 Å². The van der Waals surface area contributed by atoms with Crippen molar-refractivity contribution in [2.45, 2.75) is 44.2 Å². The Labute approximate surface area is 131 Å². The fourth-order valence-electron chi connectivity index (χ4n) is 3.20. The average molecular weight is 316 g/mol. The molecule has 2 rings (SSSR count). The Morgan fingerprint density at radius 3 is 2.62 bits per heavy atom. The minimum Gasteiger partial charge on any atom is -0.381 e. The number of ether oxygens (including phenoxy) is 2. The summed E-state index contributed by atoms with van der Waals surface area (Å²) >= 11 is 6.48. The molecule has 1 aliphatic rings. The second-order valence-corrected chi connectivity index (χ2v) is 5.99. The topological polar surface area (TPSA) is 48.3 Å². The van der Waals surface area contributed by atoms with Crippen molar-refractivity contribution in [3.8, 4) is 0 Å². The van der Waals surface area contributed by atoms with Gasteiger partial charge in [0.2, 0.25) is 0 Å². The molecule has 0 bridgehead atoms. The van der Waals surface area contributed by atoms with Gasteiger partial charge in [0.05, 0.1) is 22.0 Å². The van der Waals surface area contributed by atoms with Crippen LogP contribution in [0.2, 0.25) is 5.02 Å². The van der Waals surface area contributed by atoms with Crippen LogP contribution >= 0.6 is 11.6 Å². The third kappa shape index (κ3) is 3.26. The van der Waals surface area contributed by atoms with Gasteiger partial charge in [-0.25, -0.2) is 0 Å². The van der Waals surface area contributed by atoms with Crippen LogP contribution < -0.4 is 5.32 Å². The maximum Gasteiger partial charge on any atom is 0.0878 e. The SMILES string of the molecule is CCc1nn(C)c(CC(NC)C2(OC)CCOCC2)c1Cl. The first-order valence-corrected chi connectivity index (χ1v) is 7.96. The molecule has 1 N–H and O–H groups in total. The highest BCUT2D eigenvalue weighted by atomic mass is 35.5. The zero-order valence-electron chi connectivity index (χ0n) is 13.4. The summed E-state index contributed by atoms with van der Waals surface area (Å²) in [6, 6.07) is 0.184. The van der Waals surface area contributed by atoms with E-state index < -0.39 is 0 Å². The number of rotatable bonds is 6. The quantitative estimate of drug-likeness (QED) is 0.872. The van der Waals surface area contributed by atoms with E-state index >= 15 is 0 Å². The summed E-state index contributed by atoms with van der Waals surface area (Å²) in [5.41, 5.74) is 1.82. The van der Waals surface area contributed by atoms with Gasteiger partial charge in [0, 0.05) is 52.7 Å². The molecule has 2 heterocycles. The second-order valence-electron chi connectivity index (χ2n) is 5.61. The molecule has 0 aliphatic carbocycles. The monoisotopic (exact) mass is 315 g/mol. The molecule has 5 nitrogen and oxygen atoms in total. The zero-order valence-corrected chi connectivity index (χ0v) is 14.2. The number of aryl methyl sites for hydroxylation is 2. The van der Waals surface area contributed by atoms with Gasteiger partial charge < -0.3 is 14.8 Å². The van der Waals surface area contributed by atoms with Crippen LogP contribution in [-0.4, -0.2) is 48.8 Å². The molecule has 0 radical (unpaired) electrons. The second kappa shape index (κ2) is 7.09. The molecule has 0 amide bonds. The maximum absolute atomic E-state index is 6.48. The van der Waals surface area contributed by atoms with Gasteiger partial charge in [0.1, 0.15) is 0 Å². The summed E-state index contributed by atoms with van der Waals surface area (Å²) < 4.78 is 13.3. The van der Waals surface area contributed by atoms with E-state index in [1.165, 1.54) is 0 Å². The first-order valence-electron chi connectivity index (χ1n) is 7.58. The highest BCUT2D eigenvalue weighted by Crippen LogP contribution is 2.32. The Hall–Kier alpha value is -0.620. The summed E-state index contributed by atoms with van der Waals surface area (Å²) in [5.74, 6) is 0. The Bertz CT molecular complexity index is 470. The van der Waals surface area contributed by atoms with Crippen molar-refractivity contribution in [1.29, 1.82) is 0 Å². The number of hydrogen-bond acceptors (Lipinski definition) is 4. The molecule has 1 unspecified atom stereocenters. The van der Waals surface area contributed by atoms with Crippen LogP contribution in [0.25, 0.3) is 0 Å². The predicted molar refractivity (Wildman–Crippen MR) is 83.9 cm³/mol. The number of nitrogens with one attached hydrogen (secondary N) is 1. The molecule has 0 saturated carbocycles. The molecule has 1 aliphatic heterocycles. The Kier molecular flexibility index (Phi) is 5.66. The number of hydrogen-bond donors (Lipinski definition) is 1. The summed E-state index contributed by atoms with van der Waals surface area (Å²) in [5, 5.41) is 8.70. The van der Waals surface area contributed by atoms with Crippen LogP contribution in [0.5, 0.6) is 0 Å². The lowest BCUT2D eigenvalue weighted by atomic mass is 9.83. The molecule has 0 spiro atoms. The molecule has 1 fully saturated rings. The summed E-state index contributed by atoms with van der Waals surface area (Å²) in [6.07, 6.45) is 3.43. The van der Waals surface area contributed by atoms with Gasteiger partial charge in [-0.05, 0) is 13.5 Å². The molecule has 1 saturated heterocycles. The lowest BCUT2D eigenvalue weighted by molar-refractivity contribution is -0.109. The third-order valence-electron chi connectivity index (χ3n) is 4.63. The average Bonchev–Trinajstić information content (AvgIpc) is 2.79. The third-order valence-corrected chi connectivity index (χ3v) is 5.07. The van der Waals surface area contributed by atoms with E-state index in [-0.39, 0.29) is 11.6 Å². The Balaban J connectivity index is 2.24. The lowest BCUT2D eigenvalue weighted by Gasteiger charge is -2.42. The highest BCUT2D eigenvalue weighted by molar-refractivity contribution is 6.31. The van der Waals surface area contributed by atoms with Crippen LogP contribution in [0.4, 0.5) is 0 Å². The molecular weight excluding hydrogens is 290 g/mol. The fraction of sp³-hybridized carbons (Fsp3) is 0.800. The normalized spacial score (nSPS) is 19.7. The smallest absolute Gasteiger partial charge is 0.0878 e. The molecule has 1 atom stereocenters. The van der Waals surface area contributed by atoms with E-state index in [1.807, 2.05) is 18.8 Å². The zero-order chi connectivity index (χ0) is 15.5. The van der Waals surface area contributed by atoms with Crippen LogP contribution in [0.15, 0.2) is 0 Å². The Morgan fingerprint density at radius 2 is 2.14 bits per heavy atom. The minimum absolute atomic E-state index is 0.184. The number of nitrogens with zero attached hydrogens (tertiary/aromatic N) is 2. The van der Waals surface area contributed by atoms with Crippen LogP contribution in [-0.2, 0) is 29.4 Å².